The van der Waals surface area contributed by atoms with Crippen molar-refractivity contribution in [1.82, 2.24) is 4.72 Å². The van der Waals surface area contributed by atoms with Gasteiger partial charge in [0.15, 0.2) is 0 Å². The van der Waals surface area contributed by atoms with Gasteiger partial charge < -0.3 is 15.3 Å². The van der Waals surface area contributed by atoms with Crippen molar-refractivity contribution in [2.24, 2.45) is 0 Å². The first kappa shape index (κ1) is 17.5. The molecule has 0 aliphatic carbocycles. The molecule has 21 heavy (non-hydrogen) atoms. The third kappa shape index (κ3) is 4.72. The summed E-state index contributed by atoms with van der Waals surface area (Å²) in [6.07, 6.45) is 0. The predicted octanol–water partition coefficient (Wildman–Crippen LogP) is -1.27. The van der Waals surface area contributed by atoms with E-state index in [0.29, 0.717) is 0 Å². The lowest BCUT2D eigenvalue weighted by atomic mass is 10.1. The van der Waals surface area contributed by atoms with Gasteiger partial charge in [-0.1, -0.05) is 12.1 Å². The first-order valence-electron chi connectivity index (χ1n) is 5.85. The first-order valence-corrected chi connectivity index (χ1v) is 7.50. The molecule has 0 fully saturated rings. The van der Waals surface area contributed by atoms with Gasteiger partial charge in [-0.05, 0) is 5.56 Å². The Hall–Kier alpha value is -1.59. The van der Waals surface area contributed by atoms with Gasteiger partial charge in [0, 0.05) is 12.1 Å². The number of nitro groups is 1. The fraction of sp³-hybridized carbons (Fsp3) is 0.455. The number of hydrogen-bond donors (Lipinski definition) is 4. The van der Waals surface area contributed by atoms with E-state index in [2.05, 4.69) is 0 Å². The number of rotatable bonds is 8. The van der Waals surface area contributed by atoms with Crippen LogP contribution in [-0.2, 0) is 15.8 Å². The summed E-state index contributed by atoms with van der Waals surface area (Å²) in [5.74, 6) is -0.507. The van der Waals surface area contributed by atoms with Gasteiger partial charge in [0.1, 0.15) is 5.54 Å². The number of non-ortho nitro benzene ring substituents is 1. The maximum atomic E-state index is 11.9. The second-order valence-electron chi connectivity index (χ2n) is 4.54. The second-order valence-corrected chi connectivity index (χ2v) is 6.26. The number of benzene rings is 1. The number of nitro benzene ring substituents is 1. The molecule has 0 amide bonds. The lowest BCUT2D eigenvalue weighted by Crippen LogP contribution is -2.57. The molecule has 0 aromatic heterocycles. The smallest absolute Gasteiger partial charge is 0.269 e. The van der Waals surface area contributed by atoms with E-state index >= 15 is 0 Å². The molecule has 0 aliphatic rings. The molecule has 118 valence electrons. The Balaban J connectivity index is 2.87. The summed E-state index contributed by atoms with van der Waals surface area (Å²) in [7, 11) is -3.96. The minimum Gasteiger partial charge on any atom is -0.394 e. The zero-order valence-corrected chi connectivity index (χ0v) is 11.8. The number of nitrogens with zero attached hydrogens (tertiary/aromatic N) is 1. The minimum absolute atomic E-state index is 0.167. The van der Waals surface area contributed by atoms with Crippen LogP contribution in [0.5, 0.6) is 0 Å². The zero-order valence-electron chi connectivity index (χ0n) is 11.0. The Morgan fingerprint density at radius 1 is 1.10 bits per heavy atom. The number of hydrogen-bond acceptors (Lipinski definition) is 7. The average molecular weight is 320 g/mol. The summed E-state index contributed by atoms with van der Waals surface area (Å²) < 4.78 is 25.9. The van der Waals surface area contributed by atoms with Crippen molar-refractivity contribution in [2.45, 2.75) is 11.3 Å². The molecule has 9 nitrogen and oxygen atoms in total. The molecule has 0 unspecified atom stereocenters. The van der Waals surface area contributed by atoms with E-state index in [-0.39, 0.29) is 11.3 Å². The van der Waals surface area contributed by atoms with Crippen LogP contribution in [0.2, 0.25) is 0 Å². The van der Waals surface area contributed by atoms with Crippen LogP contribution in [0, 0.1) is 10.1 Å². The average Bonchev–Trinajstić information content (AvgIpc) is 2.45. The van der Waals surface area contributed by atoms with Crippen LogP contribution in [0.25, 0.3) is 0 Å². The number of aliphatic hydroxyl groups is 3. The van der Waals surface area contributed by atoms with E-state index < -0.39 is 46.1 Å². The molecule has 10 heteroatoms. The molecule has 0 saturated carbocycles. The van der Waals surface area contributed by atoms with Crippen molar-refractivity contribution in [1.29, 1.82) is 0 Å². The molecule has 1 rings (SSSR count). The summed E-state index contributed by atoms with van der Waals surface area (Å²) in [6, 6.07) is 4.91. The van der Waals surface area contributed by atoms with Gasteiger partial charge >= 0.3 is 0 Å². The highest BCUT2D eigenvalue weighted by atomic mass is 32.2. The molecule has 0 bridgehead atoms. The molecule has 0 heterocycles. The van der Waals surface area contributed by atoms with Gasteiger partial charge in [-0.3, -0.25) is 10.1 Å². The van der Waals surface area contributed by atoms with Crippen LogP contribution in [0.4, 0.5) is 5.69 Å². The topological polar surface area (TPSA) is 150 Å². The fourth-order valence-electron chi connectivity index (χ4n) is 1.55. The number of nitrogens with one attached hydrogen (secondary N) is 1. The Bertz CT molecular complexity index is 573. The lowest BCUT2D eigenvalue weighted by Gasteiger charge is -2.28. The van der Waals surface area contributed by atoms with E-state index in [1.165, 1.54) is 24.3 Å². The maximum Gasteiger partial charge on any atom is 0.269 e. The van der Waals surface area contributed by atoms with Crippen molar-refractivity contribution in [3.63, 3.8) is 0 Å². The monoisotopic (exact) mass is 320 g/mol. The molecule has 1 aromatic rings. The third-order valence-corrected chi connectivity index (χ3v) is 4.24. The van der Waals surface area contributed by atoms with Crippen LogP contribution in [0.1, 0.15) is 5.56 Å². The van der Waals surface area contributed by atoms with Crippen molar-refractivity contribution < 1.29 is 28.7 Å². The van der Waals surface area contributed by atoms with Gasteiger partial charge in [-0.15, -0.1) is 0 Å². The van der Waals surface area contributed by atoms with Gasteiger partial charge in [0.25, 0.3) is 5.69 Å². The molecule has 0 aliphatic heterocycles. The standard InChI is InChI=1S/C11H16N2O7S/c14-6-11(7-15,8-16)12-21(19,20)5-9-1-3-10(4-2-9)13(17)18/h1-4,12,14-16H,5-8H2. The zero-order chi connectivity index (χ0) is 16.1. The van der Waals surface area contributed by atoms with Crippen LogP contribution in [0.3, 0.4) is 0 Å². The first-order chi connectivity index (χ1) is 9.77. The van der Waals surface area contributed by atoms with E-state index in [4.69, 9.17) is 15.3 Å². The highest BCUT2D eigenvalue weighted by Crippen LogP contribution is 2.15. The summed E-state index contributed by atoms with van der Waals surface area (Å²) in [6.45, 7) is -2.33. The van der Waals surface area contributed by atoms with Gasteiger partial charge in [-0.25, -0.2) is 13.1 Å². The molecule has 0 spiro atoms. The third-order valence-electron chi connectivity index (χ3n) is 2.78. The summed E-state index contributed by atoms with van der Waals surface area (Å²) >= 11 is 0. The second kappa shape index (κ2) is 6.91. The van der Waals surface area contributed by atoms with Crippen LogP contribution < -0.4 is 4.72 Å². The van der Waals surface area contributed by atoms with E-state index in [0.717, 1.165) is 0 Å². The molecule has 0 atom stereocenters. The quantitative estimate of drug-likeness (QED) is 0.344. The molecule has 4 N–H and O–H groups in total. The van der Waals surface area contributed by atoms with Gasteiger partial charge in [0.2, 0.25) is 10.0 Å². The van der Waals surface area contributed by atoms with Crippen molar-refractivity contribution >= 4 is 15.7 Å². The van der Waals surface area contributed by atoms with Crippen molar-refractivity contribution in [2.75, 3.05) is 19.8 Å². The van der Waals surface area contributed by atoms with Crippen molar-refractivity contribution in [3.05, 3.63) is 39.9 Å². The summed E-state index contributed by atoms with van der Waals surface area (Å²) in [5.41, 5.74) is -1.63. The number of sulfonamides is 1. The largest absolute Gasteiger partial charge is 0.394 e. The molecule has 0 saturated heterocycles. The van der Waals surface area contributed by atoms with E-state index in [1.54, 1.807) is 0 Å². The predicted molar refractivity (Wildman–Crippen MR) is 72.8 cm³/mol. The Morgan fingerprint density at radius 2 is 1.57 bits per heavy atom. The van der Waals surface area contributed by atoms with Crippen LogP contribution >= 0.6 is 0 Å². The van der Waals surface area contributed by atoms with Crippen molar-refractivity contribution in [3.8, 4) is 0 Å². The molecule has 0 radical (unpaired) electrons. The fourth-order valence-corrected chi connectivity index (χ4v) is 3.10. The highest BCUT2D eigenvalue weighted by Gasteiger charge is 2.33. The highest BCUT2D eigenvalue weighted by molar-refractivity contribution is 7.88. The van der Waals surface area contributed by atoms with E-state index in [1.807, 2.05) is 4.72 Å². The minimum atomic E-state index is -3.96. The van der Waals surface area contributed by atoms with Gasteiger partial charge in [-0.2, -0.15) is 0 Å². The SMILES string of the molecule is O=[N+]([O-])c1ccc(CS(=O)(=O)NC(CO)(CO)CO)cc1. The van der Waals surface area contributed by atoms with E-state index in [9.17, 15) is 18.5 Å². The van der Waals surface area contributed by atoms with Crippen LogP contribution in [-0.4, -0.2) is 54.0 Å². The number of aliphatic hydroxyl groups excluding tert-OH is 3. The Kier molecular flexibility index (Phi) is 5.75. The van der Waals surface area contributed by atoms with Gasteiger partial charge in [0.05, 0.1) is 30.5 Å². The summed E-state index contributed by atoms with van der Waals surface area (Å²) in [4.78, 5) is 9.89. The summed E-state index contributed by atoms with van der Waals surface area (Å²) in [5, 5.41) is 37.7. The molecular formula is C11H16N2O7S. The normalized spacial score (nSPS) is 12.3. The Morgan fingerprint density at radius 3 is 1.95 bits per heavy atom. The van der Waals surface area contributed by atoms with Crippen LogP contribution in [0.15, 0.2) is 24.3 Å². The lowest BCUT2D eigenvalue weighted by molar-refractivity contribution is -0.384. The molecule has 1 aromatic carbocycles. The molecular weight excluding hydrogens is 304 g/mol. The maximum absolute atomic E-state index is 11.9. The Labute approximate surface area is 121 Å².